The van der Waals surface area contributed by atoms with Crippen LogP contribution in [0.3, 0.4) is 0 Å². The molecule has 1 heterocycles. The van der Waals surface area contributed by atoms with Gasteiger partial charge in [0.1, 0.15) is 28.8 Å². The van der Waals surface area contributed by atoms with Gasteiger partial charge >= 0.3 is 12.2 Å². The van der Waals surface area contributed by atoms with Gasteiger partial charge in [0.25, 0.3) is 0 Å². The fourth-order valence-corrected chi connectivity index (χ4v) is 4.40. The number of Topliss-reactive ketones (excluding diaryl/α,β-unsaturated/α-hetero) is 1. The van der Waals surface area contributed by atoms with Gasteiger partial charge in [-0.25, -0.2) is 13.6 Å². The summed E-state index contributed by atoms with van der Waals surface area (Å²) < 4.78 is 77.3. The van der Waals surface area contributed by atoms with Crippen LogP contribution in [0.25, 0.3) is 0 Å². The van der Waals surface area contributed by atoms with Gasteiger partial charge in [-0.2, -0.15) is 18.3 Å². The molecule has 0 saturated heterocycles. The Labute approximate surface area is 243 Å². The number of H-pyrrole nitrogens is 1. The molecule has 3 aromatic carbocycles. The number of benzene rings is 3. The zero-order chi connectivity index (χ0) is 31.1. The van der Waals surface area contributed by atoms with E-state index in [1.54, 1.807) is 19.2 Å². The monoisotopic (exact) mass is 602 g/mol. The third-order valence-corrected chi connectivity index (χ3v) is 6.56. The number of ether oxygens (including phenoxy) is 2. The lowest BCUT2D eigenvalue weighted by atomic mass is 10.00. The van der Waals surface area contributed by atoms with Crippen molar-refractivity contribution >= 4 is 23.2 Å². The Kier molecular flexibility index (Phi) is 9.63. The number of amides is 2. The van der Waals surface area contributed by atoms with Crippen molar-refractivity contribution in [3.05, 3.63) is 100 Å². The Morgan fingerprint density at radius 3 is 2.37 bits per heavy atom. The maximum Gasteiger partial charge on any atom is 0.416 e. The molecule has 3 N–H and O–H groups in total. The first-order valence-corrected chi connectivity index (χ1v) is 13.0. The van der Waals surface area contributed by atoms with Crippen molar-refractivity contribution in [1.29, 1.82) is 0 Å². The number of carbonyl (C=O) groups is 2. The van der Waals surface area contributed by atoms with Crippen LogP contribution in [0.5, 0.6) is 11.5 Å². The maximum absolute atomic E-state index is 14.3. The van der Waals surface area contributed by atoms with Crippen LogP contribution < -0.4 is 20.1 Å². The van der Waals surface area contributed by atoms with Crippen LogP contribution in [0.4, 0.5) is 38.1 Å². The van der Waals surface area contributed by atoms with E-state index < -0.39 is 35.1 Å². The topological polar surface area (TPSA) is 105 Å². The minimum absolute atomic E-state index is 0.0387. The summed E-state index contributed by atoms with van der Waals surface area (Å²) in [6, 6.07) is 9.83. The van der Waals surface area contributed by atoms with Crippen LogP contribution in [0.1, 0.15) is 39.2 Å². The van der Waals surface area contributed by atoms with Gasteiger partial charge in [-0.3, -0.25) is 9.89 Å². The average Bonchev–Trinajstić information content (AvgIpc) is 3.43. The molecule has 0 saturated carbocycles. The third kappa shape index (κ3) is 8.09. The number of hydrogen-bond acceptors (Lipinski definition) is 5. The number of hydrogen-bond donors (Lipinski definition) is 3. The Hall–Kier alpha value is -4.94. The van der Waals surface area contributed by atoms with Crippen molar-refractivity contribution in [2.45, 2.75) is 31.9 Å². The van der Waals surface area contributed by atoms with E-state index in [-0.39, 0.29) is 30.4 Å². The van der Waals surface area contributed by atoms with Gasteiger partial charge in [-0.1, -0.05) is 6.07 Å². The van der Waals surface area contributed by atoms with E-state index in [2.05, 4.69) is 20.8 Å². The number of ketones is 1. The van der Waals surface area contributed by atoms with Gasteiger partial charge < -0.3 is 20.1 Å². The summed E-state index contributed by atoms with van der Waals surface area (Å²) in [5.41, 5.74) is 0.634. The molecule has 0 radical (unpaired) electrons. The number of alkyl halides is 3. The fraction of sp³-hybridized carbons (Fsp3) is 0.233. The van der Waals surface area contributed by atoms with Crippen LogP contribution in [0.2, 0.25) is 0 Å². The van der Waals surface area contributed by atoms with Crippen LogP contribution in [-0.4, -0.2) is 36.2 Å². The number of methoxy groups -OCH3 is 2. The highest BCUT2D eigenvalue weighted by Crippen LogP contribution is 2.31. The molecule has 2 amide bonds. The number of aromatic amines is 1. The molecule has 43 heavy (non-hydrogen) atoms. The lowest BCUT2D eigenvalue weighted by molar-refractivity contribution is -0.137. The summed E-state index contributed by atoms with van der Waals surface area (Å²) >= 11 is 0. The molecule has 4 aromatic rings. The first-order chi connectivity index (χ1) is 20.5. The Balaban J connectivity index is 1.37. The predicted molar refractivity (Wildman–Crippen MR) is 149 cm³/mol. The van der Waals surface area contributed by atoms with Crippen LogP contribution >= 0.6 is 0 Å². The van der Waals surface area contributed by atoms with Crippen LogP contribution in [0.15, 0.2) is 60.8 Å². The molecule has 13 heteroatoms. The molecule has 0 bridgehead atoms. The molecule has 0 aliphatic rings. The van der Waals surface area contributed by atoms with Gasteiger partial charge in [0, 0.05) is 23.7 Å². The quantitative estimate of drug-likeness (QED) is 0.127. The standard InChI is InChI=1S/C30H27F5N4O4/c1-42-23-8-5-18(27(15-23)43-2)6-10-26(40)28-19(16-36-39-28)4-3-17-11-21(31)14-22(12-17)37-29(41)38-25-9-7-20(13-24(25)32)30(33,34)35/h5,7-9,11-16H,3-4,6,10H2,1-2H3,(H,36,39)(H2,37,38,41). The van der Waals surface area contributed by atoms with E-state index in [0.717, 1.165) is 17.7 Å². The van der Waals surface area contributed by atoms with Gasteiger partial charge in [0.05, 0.1) is 31.7 Å². The van der Waals surface area contributed by atoms with E-state index in [9.17, 15) is 31.5 Å². The number of nitrogens with one attached hydrogen (secondary N) is 3. The lowest BCUT2D eigenvalue weighted by Crippen LogP contribution is -2.20. The Morgan fingerprint density at radius 2 is 1.67 bits per heavy atom. The number of urea groups is 1. The van der Waals surface area contributed by atoms with Crippen molar-refractivity contribution in [2.75, 3.05) is 24.9 Å². The normalized spacial score (nSPS) is 11.2. The number of rotatable bonds is 11. The molecule has 0 spiro atoms. The second-order valence-corrected chi connectivity index (χ2v) is 9.49. The Bertz CT molecular complexity index is 1620. The first-order valence-electron chi connectivity index (χ1n) is 13.0. The SMILES string of the molecule is COc1ccc(CCC(=O)c2[nH]ncc2CCc2cc(F)cc(NC(=O)Nc3ccc(C(F)(F)F)cc3F)c2)c(OC)c1. The van der Waals surface area contributed by atoms with E-state index in [0.29, 0.717) is 47.2 Å². The van der Waals surface area contributed by atoms with Crippen molar-refractivity contribution in [3.8, 4) is 11.5 Å². The molecule has 1 aromatic heterocycles. The first kappa shape index (κ1) is 31.0. The van der Waals surface area contributed by atoms with Crippen molar-refractivity contribution < 1.29 is 41.0 Å². The Morgan fingerprint density at radius 1 is 0.884 bits per heavy atom. The van der Waals surface area contributed by atoms with Crippen molar-refractivity contribution in [1.82, 2.24) is 10.2 Å². The zero-order valence-electron chi connectivity index (χ0n) is 23.1. The van der Waals surface area contributed by atoms with Crippen LogP contribution in [-0.2, 0) is 25.4 Å². The maximum atomic E-state index is 14.3. The minimum Gasteiger partial charge on any atom is -0.497 e. The highest BCUT2D eigenvalue weighted by Gasteiger charge is 2.31. The number of aromatic nitrogens is 2. The lowest BCUT2D eigenvalue weighted by Gasteiger charge is -2.12. The third-order valence-electron chi connectivity index (χ3n) is 6.56. The highest BCUT2D eigenvalue weighted by atomic mass is 19.4. The number of carbonyl (C=O) groups excluding carboxylic acids is 2. The van der Waals surface area contributed by atoms with E-state index in [4.69, 9.17) is 9.47 Å². The summed E-state index contributed by atoms with van der Waals surface area (Å²) in [7, 11) is 3.08. The number of halogens is 5. The largest absolute Gasteiger partial charge is 0.497 e. The van der Waals surface area contributed by atoms with Crippen molar-refractivity contribution in [2.24, 2.45) is 0 Å². The van der Waals surface area contributed by atoms with Gasteiger partial charge in [-0.05, 0) is 72.9 Å². The molecule has 0 atom stereocenters. The molecule has 0 fully saturated rings. The average molecular weight is 603 g/mol. The summed E-state index contributed by atoms with van der Waals surface area (Å²) in [4.78, 5) is 25.3. The summed E-state index contributed by atoms with van der Waals surface area (Å²) in [5, 5.41) is 11.2. The molecule has 0 aliphatic heterocycles. The highest BCUT2D eigenvalue weighted by molar-refractivity contribution is 6.00. The molecular formula is C30H27F5N4O4. The van der Waals surface area contributed by atoms with Gasteiger partial charge in [0.15, 0.2) is 5.78 Å². The fourth-order valence-electron chi connectivity index (χ4n) is 4.40. The van der Waals surface area contributed by atoms with E-state index >= 15 is 0 Å². The van der Waals surface area contributed by atoms with Crippen LogP contribution in [0, 0.1) is 11.6 Å². The smallest absolute Gasteiger partial charge is 0.416 e. The summed E-state index contributed by atoms with van der Waals surface area (Å²) in [6.07, 6.45) is -2.01. The summed E-state index contributed by atoms with van der Waals surface area (Å²) in [5.74, 6) is -0.874. The number of aryl methyl sites for hydroxylation is 3. The molecule has 0 unspecified atom stereocenters. The zero-order valence-corrected chi connectivity index (χ0v) is 23.1. The molecule has 8 nitrogen and oxygen atoms in total. The van der Waals surface area contributed by atoms with Gasteiger partial charge in [-0.15, -0.1) is 0 Å². The van der Waals surface area contributed by atoms with Gasteiger partial charge in [0.2, 0.25) is 0 Å². The summed E-state index contributed by atoms with van der Waals surface area (Å²) in [6.45, 7) is 0. The minimum atomic E-state index is -4.74. The van der Waals surface area contributed by atoms with E-state index in [1.807, 2.05) is 6.07 Å². The second-order valence-electron chi connectivity index (χ2n) is 9.49. The molecule has 226 valence electrons. The van der Waals surface area contributed by atoms with Crippen molar-refractivity contribution in [3.63, 3.8) is 0 Å². The second kappa shape index (κ2) is 13.4. The molecule has 4 rings (SSSR count). The molecule has 0 aliphatic carbocycles. The predicted octanol–water partition coefficient (Wildman–Crippen LogP) is 6.97. The number of nitrogens with zero attached hydrogens (tertiary/aromatic N) is 1. The number of anilines is 2. The molecular weight excluding hydrogens is 575 g/mol. The van der Waals surface area contributed by atoms with E-state index in [1.165, 1.54) is 25.4 Å².